The van der Waals surface area contributed by atoms with Crippen molar-refractivity contribution < 1.29 is 4.74 Å². The predicted octanol–water partition coefficient (Wildman–Crippen LogP) is 3.08. The molecule has 1 heterocycles. The molecule has 0 fully saturated rings. The van der Waals surface area contributed by atoms with Crippen LogP contribution in [-0.4, -0.2) is 34.1 Å². The number of unbranched alkanes of at least 4 members (excludes halogenated alkanes) is 1. The van der Waals surface area contributed by atoms with Crippen LogP contribution in [0.2, 0.25) is 0 Å². The van der Waals surface area contributed by atoms with Gasteiger partial charge in [0, 0.05) is 12.6 Å². The van der Waals surface area contributed by atoms with Crippen LogP contribution in [0.4, 0.5) is 11.9 Å². The zero-order chi connectivity index (χ0) is 14.8. The van der Waals surface area contributed by atoms with Gasteiger partial charge in [-0.3, -0.25) is 0 Å². The maximum Gasteiger partial charge on any atom is 0.323 e. The number of nitrogens with one attached hydrogen (secondary N) is 2. The quantitative estimate of drug-likeness (QED) is 0.686. The van der Waals surface area contributed by atoms with Gasteiger partial charge in [0.2, 0.25) is 11.9 Å². The Kier molecular flexibility index (Phi) is 7.69. The molecule has 1 unspecified atom stereocenters. The predicted molar refractivity (Wildman–Crippen MR) is 82.4 cm³/mol. The molecule has 0 aliphatic carbocycles. The Labute approximate surface area is 121 Å². The van der Waals surface area contributed by atoms with Crippen molar-refractivity contribution in [1.82, 2.24) is 15.0 Å². The Morgan fingerprint density at radius 2 is 1.80 bits per heavy atom. The van der Waals surface area contributed by atoms with Crippen LogP contribution >= 0.6 is 0 Å². The van der Waals surface area contributed by atoms with E-state index in [4.69, 9.17) is 4.74 Å². The Balaban J connectivity index is 2.73. The second kappa shape index (κ2) is 9.34. The van der Waals surface area contributed by atoms with Crippen LogP contribution in [-0.2, 0) is 0 Å². The van der Waals surface area contributed by atoms with Crippen molar-refractivity contribution >= 4 is 11.9 Å². The second-order valence-corrected chi connectivity index (χ2v) is 4.81. The minimum absolute atomic E-state index is 0.339. The van der Waals surface area contributed by atoms with Crippen molar-refractivity contribution in [3.63, 3.8) is 0 Å². The average molecular weight is 281 g/mol. The smallest absolute Gasteiger partial charge is 0.323 e. The number of aromatic nitrogens is 3. The topological polar surface area (TPSA) is 72.0 Å². The summed E-state index contributed by atoms with van der Waals surface area (Å²) in [6, 6.07) is 0.706. The molecule has 0 aliphatic rings. The van der Waals surface area contributed by atoms with Crippen molar-refractivity contribution in [2.45, 2.75) is 59.4 Å². The lowest BCUT2D eigenvalue weighted by molar-refractivity contribution is 0.312. The van der Waals surface area contributed by atoms with Gasteiger partial charge in [-0.15, -0.1) is 0 Å². The molecule has 2 N–H and O–H groups in total. The summed E-state index contributed by atoms with van der Waals surface area (Å²) in [7, 11) is 0. The molecule has 1 aromatic heterocycles. The van der Waals surface area contributed by atoms with E-state index in [1.807, 2.05) is 6.92 Å². The lowest BCUT2D eigenvalue weighted by Crippen LogP contribution is -2.18. The van der Waals surface area contributed by atoms with Gasteiger partial charge in [-0.25, -0.2) is 0 Å². The lowest BCUT2D eigenvalue weighted by atomic mass is 10.1. The Bertz CT molecular complexity index is 386. The first-order chi connectivity index (χ1) is 9.69. The lowest BCUT2D eigenvalue weighted by Gasteiger charge is -2.14. The molecule has 0 saturated carbocycles. The molecular formula is C14H27N5O. The molecule has 20 heavy (non-hydrogen) atoms. The minimum atomic E-state index is 0.339. The van der Waals surface area contributed by atoms with E-state index in [9.17, 15) is 0 Å². The summed E-state index contributed by atoms with van der Waals surface area (Å²) >= 11 is 0. The van der Waals surface area contributed by atoms with Crippen molar-refractivity contribution in [2.24, 2.45) is 0 Å². The van der Waals surface area contributed by atoms with Crippen molar-refractivity contribution in [3.05, 3.63) is 0 Å². The van der Waals surface area contributed by atoms with Crippen molar-refractivity contribution in [2.75, 3.05) is 23.8 Å². The molecule has 1 aromatic rings. The molecule has 0 aromatic carbocycles. The minimum Gasteiger partial charge on any atom is -0.464 e. The van der Waals surface area contributed by atoms with E-state index < -0.39 is 0 Å². The van der Waals surface area contributed by atoms with E-state index in [1.165, 1.54) is 12.8 Å². The fourth-order valence-electron chi connectivity index (χ4n) is 1.73. The van der Waals surface area contributed by atoms with E-state index in [-0.39, 0.29) is 0 Å². The van der Waals surface area contributed by atoms with Crippen molar-refractivity contribution in [3.8, 4) is 6.01 Å². The zero-order valence-electron chi connectivity index (χ0n) is 13.1. The number of ether oxygens (including phenoxy) is 1. The van der Waals surface area contributed by atoms with Crippen LogP contribution in [0, 0.1) is 0 Å². The van der Waals surface area contributed by atoms with Crippen molar-refractivity contribution in [1.29, 1.82) is 0 Å². The van der Waals surface area contributed by atoms with Gasteiger partial charge in [-0.1, -0.05) is 26.7 Å². The van der Waals surface area contributed by atoms with Crippen LogP contribution in [0.5, 0.6) is 6.01 Å². The molecule has 6 heteroatoms. The highest BCUT2D eigenvalue weighted by Crippen LogP contribution is 2.13. The SMILES string of the molecule is CCCCC(C)Nc1nc(NCCC)nc(OCC)n1. The molecule has 0 aliphatic heterocycles. The zero-order valence-corrected chi connectivity index (χ0v) is 13.1. The van der Waals surface area contributed by atoms with Gasteiger partial charge in [-0.2, -0.15) is 15.0 Å². The summed E-state index contributed by atoms with van der Waals surface area (Å²) in [6.45, 7) is 9.72. The van der Waals surface area contributed by atoms with Gasteiger partial charge in [0.15, 0.2) is 0 Å². The Morgan fingerprint density at radius 3 is 2.45 bits per heavy atom. The standard InChI is InChI=1S/C14H27N5O/c1-5-8-9-11(4)16-13-17-12(15-10-6-2)18-14(19-13)20-7-3/h11H,5-10H2,1-4H3,(H2,15,16,17,18,19). The normalized spacial score (nSPS) is 12.0. The Morgan fingerprint density at radius 1 is 1.05 bits per heavy atom. The third kappa shape index (κ3) is 6.04. The first-order valence-corrected chi connectivity index (χ1v) is 7.58. The molecule has 0 bridgehead atoms. The third-order valence-corrected chi connectivity index (χ3v) is 2.79. The summed E-state index contributed by atoms with van der Waals surface area (Å²) < 4.78 is 5.39. The summed E-state index contributed by atoms with van der Waals surface area (Å²) in [5.74, 6) is 1.14. The summed E-state index contributed by atoms with van der Waals surface area (Å²) in [6.07, 6.45) is 4.50. The fraction of sp³-hybridized carbons (Fsp3) is 0.786. The van der Waals surface area contributed by atoms with Gasteiger partial charge >= 0.3 is 6.01 Å². The van der Waals surface area contributed by atoms with Crippen LogP contribution in [0.15, 0.2) is 0 Å². The van der Waals surface area contributed by atoms with Gasteiger partial charge < -0.3 is 15.4 Å². The number of hydrogen-bond acceptors (Lipinski definition) is 6. The second-order valence-electron chi connectivity index (χ2n) is 4.81. The first-order valence-electron chi connectivity index (χ1n) is 7.58. The van der Waals surface area contributed by atoms with Gasteiger partial charge in [0.25, 0.3) is 0 Å². The molecule has 0 saturated heterocycles. The largest absolute Gasteiger partial charge is 0.464 e. The summed E-state index contributed by atoms with van der Waals surface area (Å²) in [4.78, 5) is 12.9. The number of anilines is 2. The fourth-order valence-corrected chi connectivity index (χ4v) is 1.73. The highest BCUT2D eigenvalue weighted by molar-refractivity contribution is 5.36. The number of rotatable bonds is 10. The van der Waals surface area contributed by atoms with Crippen LogP contribution in [0.3, 0.4) is 0 Å². The summed E-state index contributed by atoms with van der Waals surface area (Å²) in [5.41, 5.74) is 0. The average Bonchev–Trinajstić information content (AvgIpc) is 2.43. The molecule has 1 atom stereocenters. The third-order valence-electron chi connectivity index (χ3n) is 2.79. The van der Waals surface area contributed by atoms with E-state index in [2.05, 4.69) is 46.4 Å². The summed E-state index contributed by atoms with van der Waals surface area (Å²) in [5, 5.41) is 6.48. The molecule has 1 rings (SSSR count). The van der Waals surface area contributed by atoms with Crippen LogP contribution in [0.25, 0.3) is 0 Å². The number of hydrogen-bond donors (Lipinski definition) is 2. The van der Waals surface area contributed by atoms with Gasteiger partial charge in [0.1, 0.15) is 0 Å². The molecular weight excluding hydrogens is 254 g/mol. The molecule has 6 nitrogen and oxygen atoms in total. The van der Waals surface area contributed by atoms with E-state index in [0.29, 0.717) is 30.6 Å². The van der Waals surface area contributed by atoms with E-state index >= 15 is 0 Å². The highest BCUT2D eigenvalue weighted by atomic mass is 16.5. The number of nitrogens with zero attached hydrogens (tertiary/aromatic N) is 3. The maximum absolute atomic E-state index is 5.39. The molecule has 0 radical (unpaired) electrons. The highest BCUT2D eigenvalue weighted by Gasteiger charge is 2.09. The van der Waals surface area contributed by atoms with Gasteiger partial charge in [-0.05, 0) is 26.7 Å². The molecule has 114 valence electrons. The maximum atomic E-state index is 5.39. The Hall–Kier alpha value is -1.59. The molecule has 0 amide bonds. The first kappa shape index (κ1) is 16.5. The monoisotopic (exact) mass is 281 g/mol. The van der Waals surface area contributed by atoms with Crippen LogP contribution < -0.4 is 15.4 Å². The van der Waals surface area contributed by atoms with E-state index in [1.54, 1.807) is 0 Å². The molecule has 0 spiro atoms. The van der Waals surface area contributed by atoms with E-state index in [0.717, 1.165) is 19.4 Å². The van der Waals surface area contributed by atoms with Gasteiger partial charge in [0.05, 0.1) is 6.61 Å². The van der Waals surface area contributed by atoms with Crippen LogP contribution in [0.1, 0.15) is 53.4 Å².